The molecule has 0 saturated carbocycles. The third kappa shape index (κ3) is 2.55. The van der Waals surface area contributed by atoms with E-state index in [-0.39, 0.29) is 17.0 Å². The minimum absolute atomic E-state index is 0.0285. The molecule has 17 heavy (non-hydrogen) atoms. The Bertz CT molecular complexity index is 538. The first-order valence-electron chi connectivity index (χ1n) is 5.02. The van der Waals surface area contributed by atoms with E-state index in [1.807, 2.05) is 6.07 Å². The summed E-state index contributed by atoms with van der Waals surface area (Å²) in [6.45, 7) is 0. The van der Waals surface area contributed by atoms with Crippen molar-refractivity contribution >= 4 is 11.7 Å². The Hall–Kier alpha value is -2.49. The zero-order chi connectivity index (χ0) is 12.3. The zero-order valence-electron chi connectivity index (χ0n) is 8.96. The summed E-state index contributed by atoms with van der Waals surface area (Å²) in [7, 11) is 0. The monoisotopic (exact) mass is 229 g/mol. The van der Waals surface area contributed by atoms with Gasteiger partial charge in [-0.05, 0) is 30.3 Å². The van der Waals surface area contributed by atoms with Crippen LogP contribution >= 0.6 is 0 Å². The van der Waals surface area contributed by atoms with Crippen LogP contribution in [0.5, 0.6) is 11.5 Å². The van der Waals surface area contributed by atoms with E-state index in [1.54, 1.807) is 24.3 Å². The summed E-state index contributed by atoms with van der Waals surface area (Å²) >= 11 is 0. The summed E-state index contributed by atoms with van der Waals surface area (Å²) < 4.78 is 5.11. The van der Waals surface area contributed by atoms with Crippen LogP contribution in [0.1, 0.15) is 10.4 Å². The van der Waals surface area contributed by atoms with Crippen molar-refractivity contribution in [3.63, 3.8) is 0 Å². The standard InChI is InChI=1S/C13H11NO3/c14-12-7-6-9(15)8-11(12)13(16)17-10-4-2-1-3-5-10/h1-8,15H,14H2. The minimum atomic E-state index is -0.593. The van der Waals surface area contributed by atoms with Crippen molar-refractivity contribution < 1.29 is 14.6 Å². The van der Waals surface area contributed by atoms with Gasteiger partial charge in [0.2, 0.25) is 0 Å². The molecule has 0 atom stereocenters. The second-order valence-corrected chi connectivity index (χ2v) is 3.47. The number of ether oxygens (including phenoxy) is 1. The van der Waals surface area contributed by atoms with Crippen LogP contribution in [-0.4, -0.2) is 11.1 Å². The van der Waals surface area contributed by atoms with E-state index in [2.05, 4.69) is 0 Å². The molecular formula is C13H11NO3. The molecule has 0 aromatic heterocycles. The summed E-state index contributed by atoms with van der Waals surface area (Å²) in [6, 6.07) is 12.8. The number of phenolic OH excluding ortho intramolecular Hbond substituents is 1. The number of nitrogen functional groups attached to an aromatic ring is 1. The van der Waals surface area contributed by atoms with E-state index in [4.69, 9.17) is 10.5 Å². The molecule has 0 radical (unpaired) electrons. The number of anilines is 1. The Balaban J connectivity index is 2.23. The average molecular weight is 229 g/mol. The number of carbonyl (C=O) groups is 1. The van der Waals surface area contributed by atoms with Crippen molar-refractivity contribution in [1.29, 1.82) is 0 Å². The first-order valence-corrected chi connectivity index (χ1v) is 5.02. The number of aromatic hydroxyl groups is 1. The quantitative estimate of drug-likeness (QED) is 0.358. The molecule has 0 amide bonds. The molecule has 4 heteroatoms. The van der Waals surface area contributed by atoms with Crippen molar-refractivity contribution in [2.45, 2.75) is 0 Å². The van der Waals surface area contributed by atoms with Gasteiger partial charge in [-0.3, -0.25) is 0 Å². The van der Waals surface area contributed by atoms with Crippen LogP contribution in [0.3, 0.4) is 0 Å². The van der Waals surface area contributed by atoms with Gasteiger partial charge in [0.1, 0.15) is 11.5 Å². The van der Waals surface area contributed by atoms with Gasteiger partial charge < -0.3 is 15.6 Å². The molecule has 2 aromatic carbocycles. The molecule has 0 aliphatic rings. The second-order valence-electron chi connectivity index (χ2n) is 3.47. The number of para-hydroxylation sites is 1. The Kier molecular flexibility index (Phi) is 2.96. The minimum Gasteiger partial charge on any atom is -0.508 e. The first-order chi connectivity index (χ1) is 8.16. The normalized spacial score (nSPS) is 9.88. The van der Waals surface area contributed by atoms with Crippen molar-refractivity contribution in [3.05, 3.63) is 54.1 Å². The fraction of sp³-hybridized carbons (Fsp3) is 0. The number of nitrogens with two attached hydrogens (primary N) is 1. The van der Waals surface area contributed by atoms with E-state index in [0.29, 0.717) is 5.75 Å². The second kappa shape index (κ2) is 4.57. The van der Waals surface area contributed by atoms with Crippen LogP contribution in [-0.2, 0) is 0 Å². The highest BCUT2D eigenvalue weighted by atomic mass is 16.5. The Morgan fingerprint density at radius 3 is 2.53 bits per heavy atom. The van der Waals surface area contributed by atoms with E-state index >= 15 is 0 Å². The molecule has 0 unspecified atom stereocenters. The molecule has 0 aliphatic carbocycles. The summed E-state index contributed by atoms with van der Waals surface area (Å²) in [4.78, 5) is 11.8. The lowest BCUT2D eigenvalue weighted by Crippen LogP contribution is -2.10. The van der Waals surface area contributed by atoms with Gasteiger partial charge in [-0.25, -0.2) is 4.79 Å². The Morgan fingerprint density at radius 1 is 1.12 bits per heavy atom. The first kappa shape index (κ1) is 11.0. The zero-order valence-corrected chi connectivity index (χ0v) is 8.96. The molecule has 2 rings (SSSR count). The van der Waals surface area contributed by atoms with Gasteiger partial charge in [-0.1, -0.05) is 18.2 Å². The lowest BCUT2D eigenvalue weighted by molar-refractivity contribution is 0.0735. The molecule has 0 bridgehead atoms. The van der Waals surface area contributed by atoms with E-state index in [1.165, 1.54) is 18.2 Å². The van der Waals surface area contributed by atoms with Gasteiger partial charge in [0.05, 0.1) is 5.56 Å². The topological polar surface area (TPSA) is 72.5 Å². The maximum Gasteiger partial charge on any atom is 0.345 e. The number of hydrogen-bond donors (Lipinski definition) is 2. The third-order valence-electron chi connectivity index (χ3n) is 2.21. The summed E-state index contributed by atoms with van der Waals surface area (Å²) in [6.07, 6.45) is 0. The van der Waals surface area contributed by atoms with Gasteiger partial charge in [-0.2, -0.15) is 0 Å². The third-order valence-corrected chi connectivity index (χ3v) is 2.21. The molecule has 0 aliphatic heterocycles. The van der Waals surface area contributed by atoms with Crippen LogP contribution in [0, 0.1) is 0 Å². The number of benzene rings is 2. The van der Waals surface area contributed by atoms with Crippen LogP contribution in [0.15, 0.2) is 48.5 Å². The molecule has 86 valence electrons. The predicted octanol–water partition coefficient (Wildman–Crippen LogP) is 2.19. The smallest absolute Gasteiger partial charge is 0.345 e. The lowest BCUT2D eigenvalue weighted by Gasteiger charge is -2.06. The van der Waals surface area contributed by atoms with E-state index in [9.17, 15) is 9.90 Å². The molecule has 0 heterocycles. The average Bonchev–Trinajstić information content (AvgIpc) is 2.33. The lowest BCUT2D eigenvalue weighted by atomic mass is 10.2. The van der Waals surface area contributed by atoms with Crippen LogP contribution in [0.25, 0.3) is 0 Å². The highest BCUT2D eigenvalue weighted by Gasteiger charge is 2.12. The largest absolute Gasteiger partial charge is 0.508 e. The fourth-order valence-electron chi connectivity index (χ4n) is 1.37. The van der Waals surface area contributed by atoms with E-state index in [0.717, 1.165) is 0 Å². The van der Waals surface area contributed by atoms with Crippen LogP contribution < -0.4 is 10.5 Å². The number of hydrogen-bond acceptors (Lipinski definition) is 4. The van der Waals surface area contributed by atoms with Crippen LogP contribution in [0.2, 0.25) is 0 Å². The van der Waals surface area contributed by atoms with Gasteiger partial charge in [0.15, 0.2) is 0 Å². The van der Waals surface area contributed by atoms with Crippen molar-refractivity contribution in [2.24, 2.45) is 0 Å². The number of rotatable bonds is 2. The maximum absolute atomic E-state index is 11.8. The summed E-state index contributed by atoms with van der Waals surface area (Å²) in [5.74, 6) is -0.191. The molecule has 0 saturated heterocycles. The van der Waals surface area contributed by atoms with Crippen molar-refractivity contribution in [3.8, 4) is 11.5 Å². The van der Waals surface area contributed by atoms with Gasteiger partial charge in [0, 0.05) is 5.69 Å². The molecule has 0 spiro atoms. The van der Waals surface area contributed by atoms with Gasteiger partial charge in [-0.15, -0.1) is 0 Å². The number of carbonyl (C=O) groups excluding carboxylic acids is 1. The van der Waals surface area contributed by atoms with E-state index < -0.39 is 5.97 Å². The van der Waals surface area contributed by atoms with Crippen LogP contribution in [0.4, 0.5) is 5.69 Å². The van der Waals surface area contributed by atoms with Gasteiger partial charge in [0.25, 0.3) is 0 Å². The van der Waals surface area contributed by atoms with Gasteiger partial charge >= 0.3 is 5.97 Å². The molecule has 0 fully saturated rings. The van der Waals surface area contributed by atoms with Crippen molar-refractivity contribution in [1.82, 2.24) is 0 Å². The summed E-state index contributed by atoms with van der Waals surface area (Å²) in [5, 5.41) is 9.29. The highest BCUT2D eigenvalue weighted by Crippen LogP contribution is 2.20. The Labute approximate surface area is 98.3 Å². The van der Waals surface area contributed by atoms with Crippen molar-refractivity contribution in [2.75, 3.05) is 5.73 Å². The maximum atomic E-state index is 11.8. The fourth-order valence-corrected chi connectivity index (χ4v) is 1.37. The predicted molar refractivity (Wildman–Crippen MR) is 63.9 cm³/mol. The highest BCUT2D eigenvalue weighted by molar-refractivity contribution is 5.96. The molecule has 4 nitrogen and oxygen atoms in total. The Morgan fingerprint density at radius 2 is 1.82 bits per heavy atom. The number of esters is 1. The SMILES string of the molecule is Nc1ccc(O)cc1C(=O)Oc1ccccc1. The molecular weight excluding hydrogens is 218 g/mol. The molecule has 3 N–H and O–H groups in total. The number of phenols is 1. The summed E-state index contributed by atoms with van der Waals surface area (Å²) in [5.41, 5.74) is 6.05. The molecule has 2 aromatic rings.